The van der Waals surface area contributed by atoms with Crippen LogP contribution in [0.4, 0.5) is 11.8 Å². The molecule has 0 bridgehead atoms. The summed E-state index contributed by atoms with van der Waals surface area (Å²) in [5.74, 6) is 2.02. The predicted molar refractivity (Wildman–Crippen MR) is 83.6 cm³/mol. The molecule has 0 aromatic carbocycles. The fourth-order valence-electron chi connectivity index (χ4n) is 2.69. The number of anilines is 2. The molecule has 3 rings (SSSR count). The van der Waals surface area contributed by atoms with Gasteiger partial charge in [0, 0.05) is 25.6 Å². The number of nitrogens with one attached hydrogen (secondary N) is 1. The van der Waals surface area contributed by atoms with Gasteiger partial charge < -0.3 is 15.3 Å². The van der Waals surface area contributed by atoms with E-state index in [2.05, 4.69) is 31.6 Å². The van der Waals surface area contributed by atoms with Crippen LogP contribution in [0.5, 0.6) is 0 Å². The molecule has 0 aliphatic carbocycles. The van der Waals surface area contributed by atoms with Crippen LogP contribution in [0.15, 0.2) is 11.4 Å². The molecule has 2 N–H and O–H groups in total. The Bertz CT molecular complexity index is 598. The predicted octanol–water partition coefficient (Wildman–Crippen LogP) is 2.33. The van der Waals surface area contributed by atoms with Crippen molar-refractivity contribution in [3.63, 3.8) is 0 Å². The molecule has 2 atom stereocenters. The van der Waals surface area contributed by atoms with Crippen molar-refractivity contribution in [3.05, 3.63) is 11.4 Å². The highest BCUT2D eigenvalue weighted by atomic mass is 32.1. The Kier molecular flexibility index (Phi) is 3.76. The molecule has 2 unspecified atom stereocenters. The van der Waals surface area contributed by atoms with Crippen molar-refractivity contribution >= 4 is 33.3 Å². The summed E-state index contributed by atoms with van der Waals surface area (Å²) in [5.41, 5.74) is 0. The Hall–Kier alpha value is -1.40. The van der Waals surface area contributed by atoms with E-state index >= 15 is 0 Å². The Morgan fingerprint density at radius 1 is 1.55 bits per heavy atom. The smallest absolute Gasteiger partial charge is 0.226 e. The topological polar surface area (TPSA) is 61.3 Å². The monoisotopic (exact) mass is 292 g/mol. The minimum absolute atomic E-state index is 0.256. The van der Waals surface area contributed by atoms with Gasteiger partial charge in [0.05, 0.1) is 11.5 Å². The lowest BCUT2D eigenvalue weighted by molar-refractivity contribution is 0.136. The van der Waals surface area contributed by atoms with Crippen LogP contribution >= 0.6 is 11.3 Å². The third-order valence-electron chi connectivity index (χ3n) is 3.85. The highest BCUT2D eigenvalue weighted by Gasteiger charge is 2.28. The van der Waals surface area contributed by atoms with E-state index in [9.17, 15) is 5.11 Å². The molecule has 20 heavy (non-hydrogen) atoms. The Morgan fingerprint density at radius 3 is 3.10 bits per heavy atom. The summed E-state index contributed by atoms with van der Waals surface area (Å²) < 4.78 is 0. The van der Waals surface area contributed by atoms with Crippen molar-refractivity contribution in [1.29, 1.82) is 0 Å². The maximum atomic E-state index is 9.76. The second-order valence-corrected chi connectivity index (χ2v) is 6.17. The van der Waals surface area contributed by atoms with Crippen LogP contribution in [0.25, 0.3) is 10.2 Å². The molecule has 0 spiro atoms. The highest BCUT2D eigenvalue weighted by molar-refractivity contribution is 7.16. The summed E-state index contributed by atoms with van der Waals surface area (Å²) in [7, 11) is 0. The molecule has 3 heterocycles. The summed E-state index contributed by atoms with van der Waals surface area (Å²) in [5, 5.41) is 16.1. The van der Waals surface area contributed by atoms with E-state index in [0.717, 1.165) is 42.1 Å². The number of aliphatic hydroxyl groups excluding tert-OH is 1. The molecule has 0 saturated carbocycles. The summed E-state index contributed by atoms with van der Waals surface area (Å²) in [6.07, 6.45) is 0.761. The number of nitrogens with zero attached hydrogens (tertiary/aromatic N) is 3. The van der Waals surface area contributed by atoms with E-state index in [0.29, 0.717) is 11.9 Å². The summed E-state index contributed by atoms with van der Waals surface area (Å²) >= 11 is 1.64. The second kappa shape index (κ2) is 5.54. The van der Waals surface area contributed by atoms with Gasteiger partial charge in [-0.2, -0.15) is 4.98 Å². The van der Waals surface area contributed by atoms with Crippen LogP contribution in [0.1, 0.15) is 20.3 Å². The molecule has 1 fully saturated rings. The second-order valence-electron chi connectivity index (χ2n) is 5.28. The first-order valence-corrected chi connectivity index (χ1v) is 7.99. The number of fused-ring (bicyclic) bond motifs is 1. The van der Waals surface area contributed by atoms with E-state index < -0.39 is 0 Å². The quantitative estimate of drug-likeness (QED) is 0.905. The van der Waals surface area contributed by atoms with Gasteiger partial charge in [-0.25, -0.2) is 4.98 Å². The van der Waals surface area contributed by atoms with Crippen molar-refractivity contribution in [3.8, 4) is 0 Å². The molecule has 108 valence electrons. The fraction of sp³-hybridized carbons (Fsp3) is 0.571. The van der Waals surface area contributed by atoms with Gasteiger partial charge in [-0.3, -0.25) is 0 Å². The lowest BCUT2D eigenvalue weighted by Gasteiger charge is -2.20. The molecule has 1 saturated heterocycles. The molecule has 1 aliphatic heterocycles. The number of aromatic nitrogens is 2. The van der Waals surface area contributed by atoms with E-state index in [1.807, 2.05) is 13.8 Å². The van der Waals surface area contributed by atoms with Gasteiger partial charge in [0.1, 0.15) is 10.6 Å². The van der Waals surface area contributed by atoms with Gasteiger partial charge in [0.25, 0.3) is 0 Å². The van der Waals surface area contributed by atoms with Gasteiger partial charge in [0.2, 0.25) is 5.95 Å². The normalized spacial score (nSPS) is 20.6. The van der Waals surface area contributed by atoms with Crippen molar-refractivity contribution in [2.75, 3.05) is 29.9 Å². The molecule has 5 nitrogen and oxygen atoms in total. The molecular weight excluding hydrogens is 272 g/mol. The number of hydrogen-bond donors (Lipinski definition) is 2. The first kappa shape index (κ1) is 13.6. The molecule has 2 aromatic heterocycles. The molecular formula is C14H20N4OS. The zero-order valence-corrected chi connectivity index (χ0v) is 12.7. The van der Waals surface area contributed by atoms with Gasteiger partial charge in [-0.1, -0.05) is 0 Å². The largest absolute Gasteiger partial charge is 0.393 e. The van der Waals surface area contributed by atoms with Crippen molar-refractivity contribution in [2.24, 2.45) is 5.92 Å². The average Bonchev–Trinajstić information content (AvgIpc) is 3.07. The van der Waals surface area contributed by atoms with Crippen molar-refractivity contribution in [1.82, 2.24) is 9.97 Å². The number of thiophene rings is 1. The number of aliphatic hydroxyl groups is 1. The first-order valence-electron chi connectivity index (χ1n) is 7.11. The maximum Gasteiger partial charge on any atom is 0.226 e. The van der Waals surface area contributed by atoms with E-state index in [-0.39, 0.29) is 6.10 Å². The van der Waals surface area contributed by atoms with Gasteiger partial charge in [0.15, 0.2) is 0 Å². The summed E-state index contributed by atoms with van der Waals surface area (Å²) in [6, 6.07) is 2.08. The summed E-state index contributed by atoms with van der Waals surface area (Å²) in [6.45, 7) is 6.54. The molecule has 1 aliphatic rings. The Balaban J connectivity index is 1.95. The van der Waals surface area contributed by atoms with Crippen LogP contribution < -0.4 is 10.2 Å². The zero-order chi connectivity index (χ0) is 14.1. The average molecular weight is 292 g/mol. The lowest BCUT2D eigenvalue weighted by atomic mass is 10.0. The van der Waals surface area contributed by atoms with E-state index in [1.54, 1.807) is 11.3 Å². The minimum atomic E-state index is -0.256. The van der Waals surface area contributed by atoms with Crippen LogP contribution in [-0.2, 0) is 0 Å². The van der Waals surface area contributed by atoms with Gasteiger partial charge in [-0.15, -0.1) is 11.3 Å². The van der Waals surface area contributed by atoms with Crippen LogP contribution in [0, 0.1) is 5.92 Å². The SMILES string of the molecule is CCNc1nc(N2CCC(C(C)O)C2)c2ccsc2n1. The van der Waals surface area contributed by atoms with Gasteiger partial charge in [-0.05, 0) is 31.7 Å². The third kappa shape index (κ3) is 2.45. The minimum Gasteiger partial charge on any atom is -0.393 e. The maximum absolute atomic E-state index is 9.76. The van der Waals surface area contributed by atoms with Crippen molar-refractivity contribution in [2.45, 2.75) is 26.4 Å². The van der Waals surface area contributed by atoms with Gasteiger partial charge >= 0.3 is 0 Å². The molecule has 0 amide bonds. The number of rotatable bonds is 4. The van der Waals surface area contributed by atoms with E-state index in [4.69, 9.17) is 0 Å². The zero-order valence-electron chi connectivity index (χ0n) is 11.8. The van der Waals surface area contributed by atoms with Crippen molar-refractivity contribution < 1.29 is 5.11 Å². The first-order chi connectivity index (χ1) is 9.69. The molecule has 6 heteroatoms. The third-order valence-corrected chi connectivity index (χ3v) is 4.65. The Morgan fingerprint density at radius 2 is 2.40 bits per heavy atom. The van der Waals surface area contributed by atoms with E-state index in [1.165, 1.54) is 0 Å². The molecule has 0 radical (unpaired) electrons. The van der Waals surface area contributed by atoms with Crippen LogP contribution in [0.3, 0.4) is 0 Å². The lowest BCUT2D eigenvalue weighted by Crippen LogP contribution is -2.25. The van der Waals surface area contributed by atoms with Crippen LogP contribution in [-0.4, -0.2) is 40.8 Å². The Labute approximate surface area is 122 Å². The van der Waals surface area contributed by atoms with Crippen LogP contribution in [0.2, 0.25) is 0 Å². The summed E-state index contributed by atoms with van der Waals surface area (Å²) in [4.78, 5) is 12.5. The standard InChI is InChI=1S/C14H20N4OS/c1-3-15-14-16-12(11-5-7-20-13(11)17-14)18-6-4-10(8-18)9(2)19/h5,7,9-10,19H,3-4,6,8H2,1-2H3,(H,15,16,17). The fourth-order valence-corrected chi connectivity index (χ4v) is 3.45. The molecule has 2 aromatic rings. The highest BCUT2D eigenvalue weighted by Crippen LogP contribution is 2.32. The number of hydrogen-bond acceptors (Lipinski definition) is 6.